The maximum Gasteiger partial charge on any atom is 0.243 e. The Morgan fingerprint density at radius 1 is 1.04 bits per heavy atom. The second-order valence-corrected chi connectivity index (χ2v) is 8.19. The van der Waals surface area contributed by atoms with Crippen molar-refractivity contribution in [2.45, 2.75) is 17.7 Å². The van der Waals surface area contributed by atoms with Crippen molar-refractivity contribution in [2.24, 2.45) is 5.92 Å². The number of carbonyl (C=O) groups excluding carboxylic acids is 1. The van der Waals surface area contributed by atoms with E-state index >= 15 is 0 Å². The number of para-hydroxylation sites is 1. The lowest BCUT2D eigenvalue weighted by Crippen LogP contribution is -2.45. The van der Waals surface area contributed by atoms with E-state index < -0.39 is 10.0 Å². The van der Waals surface area contributed by atoms with Crippen molar-refractivity contribution >= 4 is 21.6 Å². The molecule has 1 heterocycles. The molecule has 0 N–H and O–H groups in total. The summed E-state index contributed by atoms with van der Waals surface area (Å²) in [5.74, 6) is -0.364. The van der Waals surface area contributed by atoms with Crippen LogP contribution in [0.1, 0.15) is 12.8 Å². The Morgan fingerprint density at radius 2 is 1.64 bits per heavy atom. The largest absolute Gasteiger partial charge is 0.315 e. The van der Waals surface area contributed by atoms with Crippen LogP contribution in [0.15, 0.2) is 65.6 Å². The van der Waals surface area contributed by atoms with Gasteiger partial charge in [-0.05, 0) is 37.1 Å². The molecule has 0 bridgehead atoms. The van der Waals surface area contributed by atoms with Gasteiger partial charge in [0.2, 0.25) is 15.9 Å². The Balaban J connectivity index is 1.76. The SMILES string of the molecule is CN(C(=O)C1CCCN(S(=O)(=O)c2ccccc2)C1)c1ccccc1. The standard InChI is InChI=1S/C19H22N2O3S/c1-20(17-10-4-2-5-11-17)19(22)16-9-8-14-21(15-16)25(23,24)18-12-6-3-7-13-18/h2-7,10-13,16H,8-9,14-15H2,1H3. The van der Waals surface area contributed by atoms with Gasteiger partial charge in [0, 0.05) is 25.8 Å². The normalized spacial score (nSPS) is 18.7. The molecular formula is C19H22N2O3S. The summed E-state index contributed by atoms with van der Waals surface area (Å²) in [5, 5.41) is 0. The van der Waals surface area contributed by atoms with E-state index in [9.17, 15) is 13.2 Å². The van der Waals surface area contributed by atoms with Gasteiger partial charge in [0.05, 0.1) is 10.8 Å². The third-order valence-electron chi connectivity index (χ3n) is 4.59. The van der Waals surface area contributed by atoms with Crippen molar-refractivity contribution in [2.75, 3.05) is 25.0 Å². The predicted molar refractivity (Wildman–Crippen MR) is 97.8 cm³/mol. The molecule has 0 aromatic heterocycles. The van der Waals surface area contributed by atoms with Crippen LogP contribution in [0.25, 0.3) is 0 Å². The smallest absolute Gasteiger partial charge is 0.243 e. The van der Waals surface area contributed by atoms with Gasteiger partial charge in [-0.1, -0.05) is 36.4 Å². The molecule has 2 aromatic rings. The lowest BCUT2D eigenvalue weighted by Gasteiger charge is -2.33. The van der Waals surface area contributed by atoms with Gasteiger partial charge in [0.15, 0.2) is 0 Å². The van der Waals surface area contributed by atoms with E-state index in [2.05, 4.69) is 0 Å². The average Bonchev–Trinajstić information content (AvgIpc) is 2.68. The summed E-state index contributed by atoms with van der Waals surface area (Å²) in [7, 11) is -1.82. The van der Waals surface area contributed by atoms with E-state index in [-0.39, 0.29) is 23.3 Å². The molecule has 132 valence electrons. The molecule has 1 saturated heterocycles. The molecule has 3 rings (SSSR count). The highest BCUT2D eigenvalue weighted by atomic mass is 32.2. The fraction of sp³-hybridized carbons (Fsp3) is 0.316. The van der Waals surface area contributed by atoms with Gasteiger partial charge in [-0.3, -0.25) is 4.79 Å². The average molecular weight is 358 g/mol. The number of sulfonamides is 1. The van der Waals surface area contributed by atoms with Gasteiger partial charge in [0.25, 0.3) is 0 Å². The molecule has 6 heteroatoms. The Labute approximate surface area is 148 Å². The van der Waals surface area contributed by atoms with Crippen molar-refractivity contribution in [3.8, 4) is 0 Å². The topological polar surface area (TPSA) is 57.7 Å². The molecule has 2 aromatic carbocycles. The Hall–Kier alpha value is -2.18. The van der Waals surface area contributed by atoms with Crippen LogP contribution in [-0.2, 0) is 14.8 Å². The second kappa shape index (κ2) is 7.37. The lowest BCUT2D eigenvalue weighted by atomic mass is 9.98. The first-order valence-electron chi connectivity index (χ1n) is 8.38. The third-order valence-corrected chi connectivity index (χ3v) is 6.47. The van der Waals surface area contributed by atoms with E-state index in [1.165, 1.54) is 4.31 Å². The molecule has 0 radical (unpaired) electrons. The summed E-state index contributed by atoms with van der Waals surface area (Å²) >= 11 is 0. The molecule has 0 saturated carbocycles. The molecule has 0 aliphatic carbocycles. The molecule has 1 aliphatic heterocycles. The van der Waals surface area contributed by atoms with E-state index in [1.54, 1.807) is 42.3 Å². The van der Waals surface area contributed by atoms with Crippen molar-refractivity contribution < 1.29 is 13.2 Å². The molecule has 1 fully saturated rings. The van der Waals surface area contributed by atoms with Crippen LogP contribution in [-0.4, -0.2) is 38.8 Å². The van der Waals surface area contributed by atoms with Gasteiger partial charge < -0.3 is 4.90 Å². The zero-order valence-electron chi connectivity index (χ0n) is 14.2. The summed E-state index contributed by atoms with van der Waals surface area (Å²) in [5.41, 5.74) is 0.815. The third kappa shape index (κ3) is 3.75. The minimum atomic E-state index is -3.56. The van der Waals surface area contributed by atoms with Crippen LogP contribution in [0.2, 0.25) is 0 Å². The maximum atomic E-state index is 12.8. The molecule has 1 atom stereocenters. The number of hydrogen-bond donors (Lipinski definition) is 0. The number of benzene rings is 2. The van der Waals surface area contributed by atoms with Gasteiger partial charge in [-0.15, -0.1) is 0 Å². The number of amides is 1. The van der Waals surface area contributed by atoms with Crippen molar-refractivity contribution in [3.63, 3.8) is 0 Å². The van der Waals surface area contributed by atoms with E-state index in [0.717, 1.165) is 5.69 Å². The predicted octanol–water partition coefficient (Wildman–Crippen LogP) is 2.75. The van der Waals surface area contributed by atoms with Gasteiger partial charge in [-0.25, -0.2) is 8.42 Å². The van der Waals surface area contributed by atoms with E-state index in [4.69, 9.17) is 0 Å². The molecular weight excluding hydrogens is 336 g/mol. The van der Waals surface area contributed by atoms with Gasteiger partial charge >= 0.3 is 0 Å². The number of piperidine rings is 1. The summed E-state index contributed by atoms with van der Waals surface area (Å²) in [6.45, 7) is 0.684. The second-order valence-electron chi connectivity index (χ2n) is 6.25. The highest BCUT2D eigenvalue weighted by Crippen LogP contribution is 2.26. The van der Waals surface area contributed by atoms with Gasteiger partial charge in [-0.2, -0.15) is 4.31 Å². The fourth-order valence-corrected chi connectivity index (χ4v) is 4.70. The molecule has 1 unspecified atom stereocenters. The van der Waals surface area contributed by atoms with Crippen LogP contribution < -0.4 is 4.90 Å². The Morgan fingerprint density at radius 3 is 2.28 bits per heavy atom. The first kappa shape index (κ1) is 17.6. The fourth-order valence-electron chi connectivity index (χ4n) is 3.16. The minimum absolute atomic E-state index is 0.0424. The highest BCUT2D eigenvalue weighted by molar-refractivity contribution is 7.89. The van der Waals surface area contributed by atoms with Crippen LogP contribution in [0.5, 0.6) is 0 Å². The first-order valence-corrected chi connectivity index (χ1v) is 9.82. The number of hydrogen-bond acceptors (Lipinski definition) is 3. The van der Waals surface area contributed by atoms with E-state index in [1.807, 2.05) is 30.3 Å². The number of carbonyl (C=O) groups is 1. The van der Waals surface area contributed by atoms with Crippen LogP contribution >= 0.6 is 0 Å². The molecule has 25 heavy (non-hydrogen) atoms. The van der Waals surface area contributed by atoms with Crippen molar-refractivity contribution in [1.82, 2.24) is 4.31 Å². The van der Waals surface area contributed by atoms with Crippen molar-refractivity contribution in [1.29, 1.82) is 0 Å². The maximum absolute atomic E-state index is 12.8. The highest BCUT2D eigenvalue weighted by Gasteiger charge is 2.34. The quantitative estimate of drug-likeness (QED) is 0.844. The molecule has 0 spiro atoms. The molecule has 1 aliphatic rings. The monoisotopic (exact) mass is 358 g/mol. The first-order chi connectivity index (χ1) is 12.0. The van der Waals surface area contributed by atoms with Crippen LogP contribution in [0.4, 0.5) is 5.69 Å². The Bertz CT molecular complexity index is 822. The minimum Gasteiger partial charge on any atom is -0.315 e. The summed E-state index contributed by atoms with van der Waals surface area (Å²) < 4.78 is 27.0. The summed E-state index contributed by atoms with van der Waals surface area (Å²) in [6.07, 6.45) is 1.39. The zero-order chi connectivity index (χ0) is 17.9. The van der Waals surface area contributed by atoms with Crippen LogP contribution in [0.3, 0.4) is 0 Å². The Kier molecular flexibility index (Phi) is 5.20. The summed E-state index contributed by atoms with van der Waals surface area (Å²) in [6, 6.07) is 17.8. The molecule has 5 nitrogen and oxygen atoms in total. The summed E-state index contributed by atoms with van der Waals surface area (Å²) in [4.78, 5) is 14.7. The van der Waals surface area contributed by atoms with E-state index in [0.29, 0.717) is 19.4 Å². The molecule has 1 amide bonds. The number of nitrogens with zero attached hydrogens (tertiary/aromatic N) is 2. The van der Waals surface area contributed by atoms with Crippen LogP contribution in [0, 0.1) is 5.92 Å². The van der Waals surface area contributed by atoms with Gasteiger partial charge in [0.1, 0.15) is 0 Å². The lowest BCUT2D eigenvalue weighted by molar-refractivity contribution is -0.123. The number of anilines is 1. The number of rotatable bonds is 4. The van der Waals surface area contributed by atoms with Crippen molar-refractivity contribution in [3.05, 3.63) is 60.7 Å². The zero-order valence-corrected chi connectivity index (χ0v) is 15.0.